The van der Waals surface area contributed by atoms with Crippen LogP contribution in [0, 0.1) is 0 Å². The SMILES string of the molecule is CCNCc1ccc(S(=O)(=O)N(C)C(C)C)nc1. The lowest BCUT2D eigenvalue weighted by Gasteiger charge is -2.20. The highest BCUT2D eigenvalue weighted by atomic mass is 32.2. The maximum atomic E-state index is 12.1. The summed E-state index contributed by atoms with van der Waals surface area (Å²) in [6.07, 6.45) is 1.60. The summed E-state index contributed by atoms with van der Waals surface area (Å²) in [5, 5.41) is 3.26. The van der Waals surface area contributed by atoms with Crippen LogP contribution in [0.15, 0.2) is 23.4 Å². The average Bonchev–Trinajstić information content (AvgIpc) is 2.35. The molecule has 0 unspecified atom stereocenters. The lowest BCUT2D eigenvalue weighted by molar-refractivity contribution is 0.408. The maximum Gasteiger partial charge on any atom is 0.260 e. The number of nitrogens with zero attached hydrogens (tertiary/aromatic N) is 2. The molecule has 0 aromatic carbocycles. The largest absolute Gasteiger partial charge is 0.313 e. The maximum absolute atomic E-state index is 12.1. The normalized spacial score (nSPS) is 12.3. The summed E-state index contributed by atoms with van der Waals surface area (Å²) in [6.45, 7) is 7.25. The van der Waals surface area contributed by atoms with Crippen LogP contribution in [-0.4, -0.2) is 37.3 Å². The quantitative estimate of drug-likeness (QED) is 0.845. The Hall–Kier alpha value is -0.980. The third kappa shape index (κ3) is 3.51. The van der Waals surface area contributed by atoms with Crippen LogP contribution in [0.2, 0.25) is 0 Å². The fraction of sp³-hybridized carbons (Fsp3) is 0.583. The van der Waals surface area contributed by atoms with Crippen LogP contribution in [-0.2, 0) is 16.6 Å². The summed E-state index contributed by atoms with van der Waals surface area (Å²) in [5.74, 6) is 0. The molecule has 0 radical (unpaired) electrons. The summed E-state index contributed by atoms with van der Waals surface area (Å²) in [6, 6.07) is 3.26. The predicted molar refractivity (Wildman–Crippen MR) is 71.7 cm³/mol. The number of pyridine rings is 1. The van der Waals surface area contributed by atoms with Crippen molar-refractivity contribution in [3.63, 3.8) is 0 Å². The van der Waals surface area contributed by atoms with Crippen LogP contribution < -0.4 is 5.32 Å². The van der Waals surface area contributed by atoms with E-state index in [1.165, 1.54) is 4.31 Å². The van der Waals surface area contributed by atoms with Gasteiger partial charge in [0.1, 0.15) is 0 Å². The first kappa shape index (κ1) is 15.1. The molecule has 1 heterocycles. The van der Waals surface area contributed by atoms with Gasteiger partial charge in [-0.1, -0.05) is 13.0 Å². The number of hydrogen-bond donors (Lipinski definition) is 1. The smallest absolute Gasteiger partial charge is 0.260 e. The topological polar surface area (TPSA) is 62.3 Å². The highest BCUT2D eigenvalue weighted by Gasteiger charge is 2.24. The van der Waals surface area contributed by atoms with Crippen LogP contribution >= 0.6 is 0 Å². The molecule has 0 saturated heterocycles. The van der Waals surface area contributed by atoms with Crippen LogP contribution in [0.3, 0.4) is 0 Å². The number of hydrogen-bond acceptors (Lipinski definition) is 4. The van der Waals surface area contributed by atoms with Gasteiger partial charge in [-0.05, 0) is 32.0 Å². The molecule has 0 fully saturated rings. The molecule has 6 heteroatoms. The molecule has 0 aliphatic carbocycles. The van der Waals surface area contributed by atoms with Gasteiger partial charge in [0.15, 0.2) is 5.03 Å². The number of aromatic nitrogens is 1. The summed E-state index contributed by atoms with van der Waals surface area (Å²) in [4.78, 5) is 4.04. The fourth-order valence-electron chi connectivity index (χ4n) is 1.36. The molecule has 0 atom stereocenters. The van der Waals surface area contributed by atoms with Gasteiger partial charge in [-0.25, -0.2) is 13.4 Å². The number of sulfonamides is 1. The molecular weight excluding hydrogens is 250 g/mol. The first-order valence-electron chi connectivity index (χ1n) is 6.03. The first-order chi connectivity index (χ1) is 8.39. The lowest BCUT2D eigenvalue weighted by atomic mass is 10.3. The van der Waals surface area contributed by atoms with Gasteiger partial charge in [0.05, 0.1) is 0 Å². The average molecular weight is 271 g/mol. The first-order valence-corrected chi connectivity index (χ1v) is 7.47. The molecule has 1 rings (SSSR count). The van der Waals surface area contributed by atoms with Crippen molar-refractivity contribution in [2.75, 3.05) is 13.6 Å². The van der Waals surface area contributed by atoms with Gasteiger partial charge in [0.2, 0.25) is 0 Å². The van der Waals surface area contributed by atoms with Gasteiger partial charge in [-0.15, -0.1) is 0 Å². The highest BCUT2D eigenvalue weighted by molar-refractivity contribution is 7.89. The molecule has 102 valence electrons. The number of rotatable bonds is 6. The molecule has 0 aliphatic heterocycles. The zero-order valence-electron chi connectivity index (χ0n) is 11.3. The van der Waals surface area contributed by atoms with Crippen molar-refractivity contribution in [3.8, 4) is 0 Å². The molecule has 1 N–H and O–H groups in total. The fourth-order valence-corrected chi connectivity index (χ4v) is 2.64. The van der Waals surface area contributed by atoms with Gasteiger partial charge in [0, 0.05) is 25.8 Å². The molecule has 1 aromatic rings. The second-order valence-electron chi connectivity index (χ2n) is 4.40. The van der Waals surface area contributed by atoms with Crippen molar-refractivity contribution in [1.29, 1.82) is 0 Å². The van der Waals surface area contributed by atoms with E-state index < -0.39 is 10.0 Å². The monoisotopic (exact) mass is 271 g/mol. The van der Waals surface area contributed by atoms with E-state index in [0.29, 0.717) is 6.54 Å². The molecule has 0 amide bonds. The summed E-state index contributed by atoms with van der Waals surface area (Å²) < 4.78 is 25.6. The predicted octanol–water partition coefficient (Wildman–Crippen LogP) is 1.22. The summed E-state index contributed by atoms with van der Waals surface area (Å²) in [7, 11) is -1.91. The van der Waals surface area contributed by atoms with Crippen molar-refractivity contribution in [2.45, 2.75) is 38.4 Å². The van der Waals surface area contributed by atoms with Gasteiger partial charge in [-0.3, -0.25) is 0 Å². The molecule has 0 aliphatic rings. The van der Waals surface area contributed by atoms with Crippen LogP contribution in [0.5, 0.6) is 0 Å². The number of nitrogens with one attached hydrogen (secondary N) is 1. The van der Waals surface area contributed by atoms with E-state index in [-0.39, 0.29) is 11.1 Å². The van der Waals surface area contributed by atoms with Crippen LogP contribution in [0.25, 0.3) is 0 Å². The van der Waals surface area contributed by atoms with Crippen LogP contribution in [0.4, 0.5) is 0 Å². The van der Waals surface area contributed by atoms with Crippen molar-refractivity contribution in [2.24, 2.45) is 0 Å². The molecule has 0 saturated carbocycles. The van der Waals surface area contributed by atoms with Crippen molar-refractivity contribution >= 4 is 10.0 Å². The minimum absolute atomic E-state index is 0.0850. The van der Waals surface area contributed by atoms with E-state index in [0.717, 1.165) is 12.1 Å². The standard InChI is InChI=1S/C12H21N3O2S/c1-5-13-8-11-6-7-12(14-9-11)18(16,17)15(4)10(2)3/h6-7,9-10,13H,5,8H2,1-4H3. The highest BCUT2D eigenvalue weighted by Crippen LogP contribution is 2.14. The Balaban J connectivity index is 2.91. The van der Waals surface area contributed by atoms with E-state index in [1.807, 2.05) is 20.8 Å². The van der Waals surface area contributed by atoms with E-state index in [2.05, 4.69) is 10.3 Å². The van der Waals surface area contributed by atoms with Crippen LogP contribution in [0.1, 0.15) is 26.3 Å². The summed E-state index contributed by atoms with van der Waals surface area (Å²) in [5.41, 5.74) is 0.975. The zero-order chi connectivity index (χ0) is 13.8. The molecule has 5 nitrogen and oxygen atoms in total. The lowest BCUT2D eigenvalue weighted by Crippen LogP contribution is -2.33. The summed E-state index contributed by atoms with van der Waals surface area (Å²) >= 11 is 0. The Labute approximate surface area is 109 Å². The third-order valence-electron chi connectivity index (χ3n) is 2.75. The van der Waals surface area contributed by atoms with E-state index in [4.69, 9.17) is 0 Å². The minimum atomic E-state index is -3.47. The Kier molecular flexibility index (Phi) is 5.25. The molecule has 1 aromatic heterocycles. The van der Waals surface area contributed by atoms with Crippen molar-refractivity contribution in [3.05, 3.63) is 23.9 Å². The Bertz CT molecular complexity index is 469. The Morgan fingerprint density at radius 3 is 2.50 bits per heavy atom. The zero-order valence-corrected chi connectivity index (χ0v) is 12.2. The van der Waals surface area contributed by atoms with Crippen molar-refractivity contribution < 1.29 is 8.42 Å². The van der Waals surface area contributed by atoms with E-state index in [1.54, 1.807) is 25.4 Å². The molecule has 18 heavy (non-hydrogen) atoms. The van der Waals surface area contributed by atoms with E-state index in [9.17, 15) is 8.42 Å². The Morgan fingerprint density at radius 1 is 1.39 bits per heavy atom. The minimum Gasteiger partial charge on any atom is -0.313 e. The Morgan fingerprint density at radius 2 is 2.06 bits per heavy atom. The second kappa shape index (κ2) is 6.26. The van der Waals surface area contributed by atoms with Gasteiger partial charge in [-0.2, -0.15) is 4.31 Å². The van der Waals surface area contributed by atoms with Gasteiger partial charge >= 0.3 is 0 Å². The van der Waals surface area contributed by atoms with Gasteiger partial charge in [0.25, 0.3) is 10.0 Å². The van der Waals surface area contributed by atoms with Crippen molar-refractivity contribution in [1.82, 2.24) is 14.6 Å². The van der Waals surface area contributed by atoms with Gasteiger partial charge < -0.3 is 5.32 Å². The molecule has 0 spiro atoms. The second-order valence-corrected chi connectivity index (χ2v) is 6.34. The van der Waals surface area contributed by atoms with E-state index >= 15 is 0 Å². The third-order valence-corrected chi connectivity index (χ3v) is 4.70. The molecule has 0 bridgehead atoms. The molecular formula is C12H21N3O2S.